The maximum atomic E-state index is 13.0. The van der Waals surface area contributed by atoms with Crippen molar-refractivity contribution < 1.29 is 24.2 Å². The van der Waals surface area contributed by atoms with Crippen LogP contribution >= 0.6 is 0 Å². The van der Waals surface area contributed by atoms with E-state index >= 15 is 0 Å². The molecular weight excluding hydrogens is 446 g/mol. The number of H-pyrrole nitrogens is 1. The third kappa shape index (κ3) is 5.95. The van der Waals surface area contributed by atoms with Gasteiger partial charge in [0.2, 0.25) is 0 Å². The SMILES string of the molecule is CC(C)(C)OC(=O)N1CCC(O)C1C(CNC(=O)OCc1ccccc1)c1c[nH]c2ccccc12. The predicted octanol–water partition coefficient (Wildman–Crippen LogP) is 4.55. The number of amides is 2. The van der Waals surface area contributed by atoms with E-state index in [0.717, 1.165) is 22.0 Å². The van der Waals surface area contributed by atoms with Gasteiger partial charge in [0, 0.05) is 36.1 Å². The number of ether oxygens (including phenoxy) is 2. The van der Waals surface area contributed by atoms with Gasteiger partial charge in [-0.2, -0.15) is 0 Å². The maximum absolute atomic E-state index is 13.0. The number of likely N-dealkylation sites (tertiary alicyclic amines) is 1. The van der Waals surface area contributed by atoms with Gasteiger partial charge in [-0.1, -0.05) is 48.5 Å². The summed E-state index contributed by atoms with van der Waals surface area (Å²) in [7, 11) is 0. The number of rotatable bonds is 6. The van der Waals surface area contributed by atoms with Gasteiger partial charge < -0.3 is 29.8 Å². The fourth-order valence-corrected chi connectivity index (χ4v) is 4.60. The van der Waals surface area contributed by atoms with Crippen LogP contribution in [-0.4, -0.2) is 58.0 Å². The molecule has 1 aliphatic heterocycles. The van der Waals surface area contributed by atoms with E-state index in [9.17, 15) is 14.7 Å². The molecule has 2 aromatic carbocycles. The molecule has 3 N–H and O–H groups in total. The molecule has 3 unspecified atom stereocenters. The van der Waals surface area contributed by atoms with Crippen molar-refractivity contribution in [3.63, 3.8) is 0 Å². The van der Waals surface area contributed by atoms with Gasteiger partial charge in [-0.15, -0.1) is 0 Å². The summed E-state index contributed by atoms with van der Waals surface area (Å²) < 4.78 is 11.0. The summed E-state index contributed by atoms with van der Waals surface area (Å²) in [5, 5.41) is 14.8. The van der Waals surface area contributed by atoms with Crippen LogP contribution in [-0.2, 0) is 16.1 Å². The number of aliphatic hydroxyl groups excluding tert-OH is 1. The van der Waals surface area contributed by atoms with Crippen LogP contribution in [0.4, 0.5) is 9.59 Å². The van der Waals surface area contributed by atoms with E-state index in [-0.39, 0.29) is 19.1 Å². The molecule has 3 aromatic rings. The largest absolute Gasteiger partial charge is 0.445 e. The lowest BCUT2D eigenvalue weighted by atomic mass is 9.88. The van der Waals surface area contributed by atoms with Gasteiger partial charge >= 0.3 is 12.2 Å². The molecule has 0 radical (unpaired) electrons. The highest BCUT2D eigenvalue weighted by Gasteiger charge is 2.44. The van der Waals surface area contributed by atoms with E-state index in [1.165, 1.54) is 0 Å². The first-order valence-corrected chi connectivity index (χ1v) is 11.9. The minimum atomic E-state index is -0.761. The molecule has 1 saturated heterocycles. The van der Waals surface area contributed by atoms with Gasteiger partial charge in [-0.3, -0.25) is 0 Å². The minimum absolute atomic E-state index is 0.153. The smallest absolute Gasteiger partial charge is 0.410 e. The van der Waals surface area contributed by atoms with E-state index in [2.05, 4.69) is 10.3 Å². The quantitative estimate of drug-likeness (QED) is 0.481. The second-order valence-corrected chi connectivity index (χ2v) is 9.86. The number of nitrogens with zero attached hydrogens (tertiary/aromatic N) is 1. The minimum Gasteiger partial charge on any atom is -0.445 e. The molecule has 35 heavy (non-hydrogen) atoms. The summed E-state index contributed by atoms with van der Waals surface area (Å²) in [6, 6.07) is 16.7. The molecule has 0 bridgehead atoms. The standard InChI is InChI=1S/C27H33N3O5/c1-27(2,3)35-26(33)30-14-13-23(31)24(30)21(20-15-28-22-12-8-7-11-19(20)22)16-29-25(32)34-17-18-9-5-4-6-10-18/h4-12,15,21,23-24,28,31H,13-14,16-17H2,1-3H3,(H,29,32). The Balaban J connectivity index is 1.56. The average molecular weight is 480 g/mol. The molecule has 186 valence electrons. The molecule has 8 heteroatoms. The molecule has 4 rings (SSSR count). The van der Waals surface area contributed by atoms with E-state index < -0.39 is 29.9 Å². The fourth-order valence-electron chi connectivity index (χ4n) is 4.60. The zero-order valence-electron chi connectivity index (χ0n) is 20.4. The summed E-state index contributed by atoms with van der Waals surface area (Å²) in [6.45, 7) is 6.14. The molecule has 1 fully saturated rings. The summed E-state index contributed by atoms with van der Waals surface area (Å²) in [6.07, 6.45) is 0.514. The van der Waals surface area contributed by atoms with Crippen molar-refractivity contribution in [3.8, 4) is 0 Å². The molecule has 0 aliphatic carbocycles. The van der Waals surface area contributed by atoms with Crippen molar-refractivity contribution >= 4 is 23.1 Å². The highest BCUT2D eigenvalue weighted by atomic mass is 16.6. The topological polar surface area (TPSA) is 104 Å². The molecule has 0 saturated carbocycles. The molecule has 2 heterocycles. The second kappa shape index (κ2) is 10.4. The van der Waals surface area contributed by atoms with Crippen LogP contribution in [0.25, 0.3) is 10.9 Å². The number of carbonyl (C=O) groups excluding carboxylic acids is 2. The number of hydrogen-bond acceptors (Lipinski definition) is 5. The van der Waals surface area contributed by atoms with Crippen LogP contribution in [0.1, 0.15) is 44.2 Å². The van der Waals surface area contributed by atoms with Gasteiger partial charge in [0.25, 0.3) is 0 Å². The Bertz CT molecular complexity index is 1150. The summed E-state index contributed by atoms with van der Waals surface area (Å²) >= 11 is 0. The number of benzene rings is 2. The summed E-state index contributed by atoms with van der Waals surface area (Å²) in [5.74, 6) is -0.388. The number of hydrogen-bond donors (Lipinski definition) is 3. The third-order valence-corrected chi connectivity index (χ3v) is 6.16. The molecular formula is C27H33N3O5. The summed E-state index contributed by atoms with van der Waals surface area (Å²) in [4.78, 5) is 30.4. The Morgan fingerprint density at radius 2 is 1.86 bits per heavy atom. The second-order valence-electron chi connectivity index (χ2n) is 9.86. The monoisotopic (exact) mass is 479 g/mol. The highest BCUT2D eigenvalue weighted by molar-refractivity contribution is 5.84. The van der Waals surface area contributed by atoms with Crippen LogP contribution in [0.3, 0.4) is 0 Å². The summed E-state index contributed by atoms with van der Waals surface area (Å²) in [5.41, 5.74) is 2.07. The fraction of sp³-hybridized carbons (Fsp3) is 0.407. The van der Waals surface area contributed by atoms with Crippen molar-refractivity contribution in [2.45, 2.75) is 57.5 Å². The van der Waals surface area contributed by atoms with E-state index in [0.29, 0.717) is 13.0 Å². The van der Waals surface area contributed by atoms with Gasteiger partial charge in [0.05, 0.1) is 12.1 Å². The van der Waals surface area contributed by atoms with Gasteiger partial charge in [0.15, 0.2) is 0 Å². The molecule has 2 amide bonds. The number of nitrogens with one attached hydrogen (secondary N) is 2. The van der Waals surface area contributed by atoms with Crippen LogP contribution in [0, 0.1) is 0 Å². The van der Waals surface area contributed by atoms with Crippen molar-refractivity contribution in [3.05, 3.63) is 71.9 Å². The highest BCUT2D eigenvalue weighted by Crippen LogP contribution is 2.36. The van der Waals surface area contributed by atoms with Crippen LogP contribution in [0.2, 0.25) is 0 Å². The lowest BCUT2D eigenvalue weighted by Gasteiger charge is -2.34. The van der Waals surface area contributed by atoms with Crippen LogP contribution in [0.15, 0.2) is 60.8 Å². The number of aromatic amines is 1. The first-order valence-electron chi connectivity index (χ1n) is 11.9. The van der Waals surface area contributed by atoms with E-state index in [1.807, 2.05) is 81.6 Å². The van der Waals surface area contributed by atoms with Gasteiger partial charge in [0.1, 0.15) is 12.2 Å². The van der Waals surface area contributed by atoms with Crippen molar-refractivity contribution in [1.29, 1.82) is 0 Å². The third-order valence-electron chi connectivity index (χ3n) is 6.16. The van der Waals surface area contributed by atoms with Crippen molar-refractivity contribution in [2.75, 3.05) is 13.1 Å². The van der Waals surface area contributed by atoms with E-state index in [1.54, 1.807) is 4.90 Å². The Hall–Kier alpha value is -3.52. The van der Waals surface area contributed by atoms with Gasteiger partial charge in [-0.25, -0.2) is 9.59 Å². The normalized spacial score (nSPS) is 18.9. The van der Waals surface area contributed by atoms with Crippen molar-refractivity contribution in [1.82, 2.24) is 15.2 Å². The number of para-hydroxylation sites is 1. The molecule has 1 aliphatic rings. The Kier molecular flexibility index (Phi) is 7.31. The molecule has 0 spiro atoms. The molecule has 8 nitrogen and oxygen atoms in total. The number of aromatic nitrogens is 1. The van der Waals surface area contributed by atoms with E-state index in [4.69, 9.17) is 9.47 Å². The number of alkyl carbamates (subject to hydrolysis) is 1. The van der Waals surface area contributed by atoms with Gasteiger partial charge in [-0.05, 0) is 44.4 Å². The number of carbonyl (C=O) groups is 2. The first-order chi connectivity index (χ1) is 16.7. The Morgan fingerprint density at radius 1 is 1.14 bits per heavy atom. The zero-order chi connectivity index (χ0) is 25.0. The lowest BCUT2D eigenvalue weighted by Crippen LogP contribution is -2.48. The molecule has 1 aromatic heterocycles. The lowest BCUT2D eigenvalue weighted by molar-refractivity contribution is 0.0117. The Morgan fingerprint density at radius 3 is 2.60 bits per heavy atom. The number of aliphatic hydroxyl groups is 1. The zero-order valence-corrected chi connectivity index (χ0v) is 20.4. The van der Waals surface area contributed by atoms with Crippen LogP contribution < -0.4 is 5.32 Å². The number of fused-ring (bicyclic) bond motifs is 1. The van der Waals surface area contributed by atoms with Crippen molar-refractivity contribution in [2.24, 2.45) is 0 Å². The molecule has 3 atom stereocenters. The van der Waals surface area contributed by atoms with Crippen LogP contribution in [0.5, 0.6) is 0 Å². The average Bonchev–Trinajstić information content (AvgIpc) is 3.42. The Labute approximate surface area is 205 Å². The predicted molar refractivity (Wildman–Crippen MR) is 133 cm³/mol. The maximum Gasteiger partial charge on any atom is 0.410 e. The first kappa shape index (κ1) is 24.6.